The Morgan fingerprint density at radius 3 is 2.80 bits per heavy atom. The van der Waals surface area contributed by atoms with E-state index in [1.54, 1.807) is 42.0 Å². The minimum absolute atomic E-state index is 0.261. The first-order valence-electron chi connectivity index (χ1n) is 6.08. The number of aromatic nitrogens is 2. The van der Waals surface area contributed by atoms with Crippen LogP contribution in [0.3, 0.4) is 0 Å². The minimum Gasteiger partial charge on any atom is -0.497 e. The largest absolute Gasteiger partial charge is 0.497 e. The van der Waals surface area contributed by atoms with Crippen molar-refractivity contribution in [2.24, 2.45) is 0 Å². The highest BCUT2D eigenvalue weighted by molar-refractivity contribution is 8.02. The van der Waals surface area contributed by atoms with Crippen molar-refractivity contribution in [1.29, 1.82) is 0 Å². The monoisotopic (exact) mass is 327 g/mol. The Morgan fingerprint density at radius 2 is 2.15 bits per heavy atom. The number of hydrogen-bond donors (Lipinski definition) is 1. The van der Waals surface area contributed by atoms with Gasteiger partial charge in [0.1, 0.15) is 5.75 Å². The second-order valence-corrected chi connectivity index (χ2v) is 7.26. The molecule has 0 bridgehead atoms. The Labute approximate surface area is 131 Å². The standard InChI is InChI=1S/C13H17N3OS3/c1-14-11(9-5-4-6-10(7-9)17-2)8-19-13-16-15-12(18-3)20-13/h4-7,11,14H,8H2,1-3H3. The van der Waals surface area contributed by atoms with Crippen LogP contribution in [0.5, 0.6) is 5.75 Å². The third kappa shape index (κ3) is 4.12. The van der Waals surface area contributed by atoms with Crippen LogP contribution in [-0.2, 0) is 0 Å². The maximum Gasteiger partial charge on any atom is 0.175 e. The first-order chi connectivity index (χ1) is 9.76. The fourth-order valence-electron chi connectivity index (χ4n) is 1.70. The Hall–Kier alpha value is -0.760. The predicted molar refractivity (Wildman–Crippen MR) is 87.2 cm³/mol. The summed E-state index contributed by atoms with van der Waals surface area (Å²) in [5.74, 6) is 1.79. The highest BCUT2D eigenvalue weighted by Crippen LogP contribution is 2.30. The van der Waals surface area contributed by atoms with Gasteiger partial charge < -0.3 is 10.1 Å². The molecule has 2 aromatic rings. The van der Waals surface area contributed by atoms with E-state index in [2.05, 4.69) is 27.6 Å². The lowest BCUT2D eigenvalue weighted by Crippen LogP contribution is -2.18. The number of nitrogens with one attached hydrogen (secondary N) is 1. The summed E-state index contributed by atoms with van der Waals surface area (Å²) in [6.07, 6.45) is 2.02. The molecule has 0 amide bonds. The van der Waals surface area contributed by atoms with Gasteiger partial charge in [-0.3, -0.25) is 0 Å². The lowest BCUT2D eigenvalue weighted by atomic mass is 10.1. The molecule has 108 valence electrons. The summed E-state index contributed by atoms with van der Waals surface area (Å²) in [6.45, 7) is 0. The number of methoxy groups -OCH3 is 1. The normalized spacial score (nSPS) is 12.3. The molecule has 1 heterocycles. The highest BCUT2D eigenvalue weighted by atomic mass is 32.2. The fourth-order valence-corrected chi connectivity index (χ4v) is 4.30. The van der Waals surface area contributed by atoms with Crippen molar-refractivity contribution in [3.63, 3.8) is 0 Å². The van der Waals surface area contributed by atoms with Crippen LogP contribution in [0.4, 0.5) is 0 Å². The number of thioether (sulfide) groups is 2. The molecule has 0 saturated heterocycles. The lowest BCUT2D eigenvalue weighted by molar-refractivity contribution is 0.413. The minimum atomic E-state index is 0.261. The van der Waals surface area contributed by atoms with E-state index >= 15 is 0 Å². The van der Waals surface area contributed by atoms with Gasteiger partial charge in [-0.2, -0.15) is 0 Å². The van der Waals surface area contributed by atoms with Gasteiger partial charge in [0.25, 0.3) is 0 Å². The van der Waals surface area contributed by atoms with Crippen LogP contribution in [0.25, 0.3) is 0 Å². The fraction of sp³-hybridized carbons (Fsp3) is 0.385. The lowest BCUT2D eigenvalue weighted by Gasteiger charge is -2.16. The van der Waals surface area contributed by atoms with Crippen LogP contribution in [0.1, 0.15) is 11.6 Å². The summed E-state index contributed by atoms with van der Waals surface area (Å²) in [6, 6.07) is 8.41. The summed E-state index contributed by atoms with van der Waals surface area (Å²) in [4.78, 5) is 0. The summed E-state index contributed by atoms with van der Waals surface area (Å²) in [7, 11) is 3.66. The molecule has 1 aromatic heterocycles. The molecule has 1 aromatic carbocycles. The van der Waals surface area contributed by atoms with Gasteiger partial charge in [0, 0.05) is 11.8 Å². The molecule has 0 saturated carbocycles. The topological polar surface area (TPSA) is 47.0 Å². The first kappa shape index (κ1) is 15.6. The van der Waals surface area contributed by atoms with Crippen molar-refractivity contribution in [1.82, 2.24) is 15.5 Å². The smallest absolute Gasteiger partial charge is 0.175 e. The zero-order chi connectivity index (χ0) is 14.4. The highest BCUT2D eigenvalue weighted by Gasteiger charge is 2.12. The van der Waals surface area contributed by atoms with Crippen molar-refractivity contribution < 1.29 is 4.74 Å². The molecule has 2 rings (SSSR count). The van der Waals surface area contributed by atoms with Crippen molar-refractivity contribution in [3.05, 3.63) is 29.8 Å². The van der Waals surface area contributed by atoms with Crippen molar-refractivity contribution in [3.8, 4) is 5.75 Å². The van der Waals surface area contributed by atoms with Gasteiger partial charge in [0.15, 0.2) is 8.68 Å². The van der Waals surface area contributed by atoms with Gasteiger partial charge in [0.05, 0.1) is 7.11 Å². The van der Waals surface area contributed by atoms with E-state index in [0.717, 1.165) is 20.2 Å². The van der Waals surface area contributed by atoms with E-state index in [4.69, 9.17) is 4.74 Å². The molecule has 1 unspecified atom stereocenters. The maximum absolute atomic E-state index is 5.27. The average molecular weight is 328 g/mol. The number of ether oxygens (including phenoxy) is 1. The first-order valence-corrected chi connectivity index (χ1v) is 9.11. The Morgan fingerprint density at radius 1 is 1.35 bits per heavy atom. The number of rotatable bonds is 7. The van der Waals surface area contributed by atoms with Gasteiger partial charge in [-0.1, -0.05) is 47.0 Å². The zero-order valence-corrected chi connectivity index (χ0v) is 14.1. The average Bonchev–Trinajstić information content (AvgIpc) is 2.96. The van der Waals surface area contributed by atoms with Gasteiger partial charge in [0.2, 0.25) is 0 Å². The Kier molecular flexibility index (Phi) is 6.15. The van der Waals surface area contributed by atoms with E-state index in [0.29, 0.717) is 0 Å². The molecule has 7 heteroatoms. The van der Waals surface area contributed by atoms with E-state index in [-0.39, 0.29) is 6.04 Å². The molecule has 1 atom stereocenters. The Bertz CT molecular complexity index is 547. The van der Waals surface area contributed by atoms with E-state index in [9.17, 15) is 0 Å². The molecule has 0 aliphatic carbocycles. The van der Waals surface area contributed by atoms with Crippen LogP contribution in [0, 0.1) is 0 Å². The van der Waals surface area contributed by atoms with Crippen LogP contribution in [0.2, 0.25) is 0 Å². The molecular formula is C13H17N3OS3. The van der Waals surface area contributed by atoms with Gasteiger partial charge in [-0.05, 0) is 31.0 Å². The summed E-state index contributed by atoms with van der Waals surface area (Å²) >= 11 is 5.00. The zero-order valence-electron chi connectivity index (χ0n) is 11.6. The number of hydrogen-bond acceptors (Lipinski definition) is 7. The van der Waals surface area contributed by atoms with Gasteiger partial charge in [-0.25, -0.2) is 0 Å². The molecule has 0 aliphatic heterocycles. The maximum atomic E-state index is 5.27. The van der Waals surface area contributed by atoms with Crippen molar-refractivity contribution >= 4 is 34.9 Å². The molecule has 20 heavy (non-hydrogen) atoms. The summed E-state index contributed by atoms with van der Waals surface area (Å²) in [5, 5.41) is 11.6. The quantitative estimate of drug-likeness (QED) is 0.787. The van der Waals surface area contributed by atoms with Crippen LogP contribution in [0.15, 0.2) is 32.9 Å². The van der Waals surface area contributed by atoms with Gasteiger partial charge >= 0.3 is 0 Å². The van der Waals surface area contributed by atoms with Crippen molar-refractivity contribution in [2.75, 3.05) is 26.2 Å². The number of benzene rings is 1. The molecule has 1 N–H and O–H groups in total. The molecule has 0 aliphatic rings. The van der Waals surface area contributed by atoms with Crippen LogP contribution < -0.4 is 10.1 Å². The van der Waals surface area contributed by atoms with E-state index < -0.39 is 0 Å². The molecule has 0 spiro atoms. The molecule has 0 radical (unpaired) electrons. The summed E-state index contributed by atoms with van der Waals surface area (Å²) in [5.41, 5.74) is 1.22. The summed E-state index contributed by atoms with van der Waals surface area (Å²) < 4.78 is 7.29. The SMILES string of the molecule is CNC(CSc1nnc(SC)s1)c1cccc(OC)c1. The molecule has 4 nitrogen and oxygen atoms in total. The molecule has 0 fully saturated rings. The second-order valence-electron chi connectivity index (χ2n) is 3.97. The predicted octanol–water partition coefficient (Wildman–Crippen LogP) is 3.32. The van der Waals surface area contributed by atoms with Crippen LogP contribution in [-0.4, -0.2) is 36.4 Å². The Balaban J connectivity index is 2.01. The third-order valence-electron chi connectivity index (χ3n) is 2.78. The van der Waals surface area contributed by atoms with E-state index in [1.165, 1.54) is 5.56 Å². The van der Waals surface area contributed by atoms with Crippen LogP contribution >= 0.6 is 34.9 Å². The second kappa shape index (κ2) is 7.87. The molecular weight excluding hydrogens is 310 g/mol. The number of nitrogens with zero attached hydrogens (tertiary/aromatic N) is 2. The third-order valence-corrected chi connectivity index (χ3v) is 5.91. The van der Waals surface area contributed by atoms with E-state index in [1.807, 2.05) is 25.4 Å². The van der Waals surface area contributed by atoms with Crippen molar-refractivity contribution in [2.45, 2.75) is 14.7 Å². The van der Waals surface area contributed by atoms with Gasteiger partial charge in [-0.15, -0.1) is 10.2 Å².